The van der Waals surface area contributed by atoms with Crippen molar-refractivity contribution in [3.63, 3.8) is 0 Å². The van der Waals surface area contributed by atoms with Crippen molar-refractivity contribution in [1.29, 1.82) is 0 Å². The molecule has 100 valence electrons. The lowest BCUT2D eigenvalue weighted by molar-refractivity contribution is 0.601. The van der Waals surface area contributed by atoms with E-state index in [-0.39, 0.29) is 11.9 Å². The van der Waals surface area contributed by atoms with Crippen LogP contribution >= 0.6 is 22.6 Å². The van der Waals surface area contributed by atoms with E-state index in [1.54, 1.807) is 12.1 Å². The first-order chi connectivity index (χ1) is 9.10. The molecule has 0 aliphatic heterocycles. The summed E-state index contributed by atoms with van der Waals surface area (Å²) in [5.41, 5.74) is 3.09. The smallest absolute Gasteiger partial charge is 0.123 e. The number of hydrogen-bond donors (Lipinski definition) is 1. The second-order valence-corrected chi connectivity index (χ2v) is 5.85. The highest BCUT2D eigenvalue weighted by atomic mass is 127. The highest BCUT2D eigenvalue weighted by Crippen LogP contribution is 2.25. The van der Waals surface area contributed by atoms with Crippen LogP contribution < -0.4 is 5.32 Å². The molecular formula is C16H17FIN. The van der Waals surface area contributed by atoms with Crippen LogP contribution in [0.5, 0.6) is 0 Å². The molecule has 0 radical (unpaired) electrons. The summed E-state index contributed by atoms with van der Waals surface area (Å²) in [5, 5.41) is 3.43. The number of rotatable bonds is 4. The van der Waals surface area contributed by atoms with Crippen molar-refractivity contribution in [2.24, 2.45) is 0 Å². The molecule has 0 heterocycles. The number of halogens is 2. The van der Waals surface area contributed by atoms with E-state index in [0.29, 0.717) is 0 Å². The lowest BCUT2D eigenvalue weighted by atomic mass is 9.97. The van der Waals surface area contributed by atoms with Gasteiger partial charge in [-0.25, -0.2) is 4.39 Å². The maximum absolute atomic E-state index is 13.6. The molecule has 0 saturated heterocycles. The van der Waals surface area contributed by atoms with Crippen molar-refractivity contribution in [2.45, 2.75) is 19.9 Å². The second-order valence-electron chi connectivity index (χ2n) is 4.61. The summed E-state index contributed by atoms with van der Waals surface area (Å²) in [6, 6.07) is 13.5. The quantitative estimate of drug-likeness (QED) is 0.786. The molecule has 1 nitrogen and oxygen atoms in total. The van der Waals surface area contributed by atoms with Gasteiger partial charge < -0.3 is 5.32 Å². The Labute approximate surface area is 127 Å². The van der Waals surface area contributed by atoms with Gasteiger partial charge in [-0.3, -0.25) is 0 Å². The zero-order chi connectivity index (χ0) is 13.8. The third kappa shape index (κ3) is 3.76. The molecule has 0 spiro atoms. The summed E-state index contributed by atoms with van der Waals surface area (Å²) >= 11 is 2.30. The van der Waals surface area contributed by atoms with Crippen molar-refractivity contribution in [3.8, 4) is 0 Å². The van der Waals surface area contributed by atoms with Crippen molar-refractivity contribution in [3.05, 3.63) is 68.5 Å². The Hall–Kier alpha value is -0.940. The maximum Gasteiger partial charge on any atom is 0.123 e. The van der Waals surface area contributed by atoms with Crippen LogP contribution in [-0.4, -0.2) is 6.54 Å². The molecule has 2 aromatic carbocycles. The normalized spacial score (nSPS) is 12.4. The lowest BCUT2D eigenvalue weighted by Crippen LogP contribution is -2.22. The summed E-state index contributed by atoms with van der Waals surface area (Å²) < 4.78 is 14.8. The van der Waals surface area contributed by atoms with Crippen LogP contribution in [0.4, 0.5) is 4.39 Å². The maximum atomic E-state index is 13.6. The average Bonchev–Trinajstić information content (AvgIpc) is 2.34. The minimum atomic E-state index is -0.177. The Bertz CT molecular complexity index is 548. The second kappa shape index (κ2) is 6.48. The summed E-state index contributed by atoms with van der Waals surface area (Å²) in [6.45, 7) is 4.82. The zero-order valence-electron chi connectivity index (χ0n) is 11.1. The van der Waals surface area contributed by atoms with Gasteiger partial charge in [0.05, 0.1) is 6.04 Å². The topological polar surface area (TPSA) is 12.0 Å². The predicted molar refractivity (Wildman–Crippen MR) is 85.8 cm³/mol. The zero-order valence-corrected chi connectivity index (χ0v) is 13.2. The first kappa shape index (κ1) is 14.5. The van der Waals surface area contributed by atoms with E-state index in [2.05, 4.69) is 53.0 Å². The van der Waals surface area contributed by atoms with E-state index in [1.165, 1.54) is 9.13 Å². The predicted octanol–water partition coefficient (Wildman–Crippen LogP) is 4.44. The van der Waals surface area contributed by atoms with Crippen LogP contribution in [0.3, 0.4) is 0 Å². The van der Waals surface area contributed by atoms with Crippen LogP contribution in [0.25, 0.3) is 0 Å². The molecule has 3 heteroatoms. The Morgan fingerprint density at radius 3 is 2.58 bits per heavy atom. The van der Waals surface area contributed by atoms with Gasteiger partial charge in [0.15, 0.2) is 0 Å². The third-order valence-corrected chi connectivity index (χ3v) is 3.66. The fraction of sp³-hybridized carbons (Fsp3) is 0.250. The monoisotopic (exact) mass is 369 g/mol. The molecule has 0 bridgehead atoms. The standard InChI is InChI=1S/C16H17FIN/c1-3-19-16(12-5-4-6-15(18)10-12)13-7-11(2)8-14(17)9-13/h4-10,16,19H,3H2,1-2H3. The molecule has 1 unspecified atom stereocenters. The van der Waals surface area contributed by atoms with Crippen molar-refractivity contribution in [1.82, 2.24) is 5.32 Å². The van der Waals surface area contributed by atoms with Crippen LogP contribution in [0.2, 0.25) is 0 Å². The van der Waals surface area contributed by atoms with Crippen LogP contribution in [-0.2, 0) is 0 Å². The van der Waals surface area contributed by atoms with Gasteiger partial charge in [0.25, 0.3) is 0 Å². The molecule has 1 atom stereocenters. The van der Waals surface area contributed by atoms with Gasteiger partial charge >= 0.3 is 0 Å². The van der Waals surface area contributed by atoms with Gasteiger partial charge in [-0.05, 0) is 77.0 Å². The van der Waals surface area contributed by atoms with Crippen LogP contribution in [0, 0.1) is 16.3 Å². The molecule has 0 amide bonds. The highest BCUT2D eigenvalue weighted by molar-refractivity contribution is 14.1. The van der Waals surface area contributed by atoms with Gasteiger partial charge in [0.1, 0.15) is 5.82 Å². The van der Waals surface area contributed by atoms with Crippen molar-refractivity contribution < 1.29 is 4.39 Å². The van der Waals surface area contributed by atoms with Gasteiger partial charge in [-0.2, -0.15) is 0 Å². The highest BCUT2D eigenvalue weighted by Gasteiger charge is 2.14. The van der Waals surface area contributed by atoms with E-state index in [0.717, 1.165) is 17.7 Å². The first-order valence-corrected chi connectivity index (χ1v) is 7.44. The molecular weight excluding hydrogens is 352 g/mol. The Kier molecular flexibility index (Phi) is 4.93. The molecule has 19 heavy (non-hydrogen) atoms. The SMILES string of the molecule is CCNC(c1cc(C)cc(F)c1)c1cccc(I)c1. The molecule has 0 aliphatic carbocycles. The minimum Gasteiger partial charge on any atom is -0.307 e. The van der Waals surface area contributed by atoms with E-state index < -0.39 is 0 Å². The molecule has 0 aliphatic rings. The van der Waals surface area contributed by atoms with E-state index in [4.69, 9.17) is 0 Å². The van der Waals surface area contributed by atoms with Crippen LogP contribution in [0.15, 0.2) is 42.5 Å². The number of aryl methyl sites for hydroxylation is 1. The molecule has 2 rings (SSSR count). The Morgan fingerprint density at radius 1 is 1.16 bits per heavy atom. The molecule has 1 N–H and O–H groups in total. The van der Waals surface area contributed by atoms with E-state index in [1.807, 2.05) is 19.1 Å². The van der Waals surface area contributed by atoms with Gasteiger partial charge in [-0.1, -0.05) is 25.1 Å². The summed E-state index contributed by atoms with van der Waals surface area (Å²) in [7, 11) is 0. The molecule has 0 fully saturated rings. The van der Waals surface area contributed by atoms with Gasteiger partial charge in [0.2, 0.25) is 0 Å². The van der Waals surface area contributed by atoms with Gasteiger partial charge in [0, 0.05) is 3.57 Å². The number of benzene rings is 2. The third-order valence-electron chi connectivity index (χ3n) is 2.99. The minimum absolute atomic E-state index is 0.0362. The number of nitrogens with one attached hydrogen (secondary N) is 1. The Morgan fingerprint density at radius 2 is 1.95 bits per heavy atom. The fourth-order valence-corrected chi connectivity index (χ4v) is 2.82. The van der Waals surface area contributed by atoms with Crippen LogP contribution in [0.1, 0.15) is 29.7 Å². The summed E-state index contributed by atoms with van der Waals surface area (Å²) in [5.74, 6) is -0.177. The van der Waals surface area contributed by atoms with Crippen molar-refractivity contribution in [2.75, 3.05) is 6.54 Å². The summed E-state index contributed by atoms with van der Waals surface area (Å²) in [4.78, 5) is 0. The largest absolute Gasteiger partial charge is 0.307 e. The molecule has 0 saturated carbocycles. The average molecular weight is 369 g/mol. The Balaban J connectivity index is 2.44. The van der Waals surface area contributed by atoms with E-state index in [9.17, 15) is 4.39 Å². The summed E-state index contributed by atoms with van der Waals surface area (Å²) in [6.07, 6.45) is 0. The fourth-order valence-electron chi connectivity index (χ4n) is 2.25. The lowest BCUT2D eigenvalue weighted by Gasteiger charge is -2.20. The number of hydrogen-bond acceptors (Lipinski definition) is 1. The van der Waals surface area contributed by atoms with Gasteiger partial charge in [-0.15, -0.1) is 0 Å². The first-order valence-electron chi connectivity index (χ1n) is 6.36. The molecule has 2 aromatic rings. The van der Waals surface area contributed by atoms with Crippen molar-refractivity contribution >= 4 is 22.6 Å². The van der Waals surface area contributed by atoms with E-state index >= 15 is 0 Å². The molecule has 0 aromatic heterocycles.